The molecule has 0 unspecified atom stereocenters. The van der Waals surface area contributed by atoms with Crippen LogP contribution in [0.25, 0.3) is 0 Å². The molecule has 0 saturated carbocycles. The summed E-state index contributed by atoms with van der Waals surface area (Å²) in [6.07, 6.45) is -0.510. The minimum atomic E-state index is -0.510. The molecule has 1 aromatic rings. The van der Waals surface area contributed by atoms with Gasteiger partial charge in [0.15, 0.2) is 0 Å². The Morgan fingerprint density at radius 2 is 2.07 bits per heavy atom. The van der Waals surface area contributed by atoms with Gasteiger partial charge in [0, 0.05) is 6.54 Å². The monoisotopic (exact) mass is 209 g/mol. The molecule has 0 atom stereocenters. The Bertz CT molecular complexity index is 308. The number of benzene rings is 1. The second kappa shape index (κ2) is 6.03. The molecule has 15 heavy (non-hydrogen) atoms. The van der Waals surface area contributed by atoms with Gasteiger partial charge in [0.05, 0.1) is 6.61 Å². The Morgan fingerprint density at radius 1 is 1.40 bits per heavy atom. The van der Waals surface area contributed by atoms with Crippen molar-refractivity contribution in [2.75, 3.05) is 13.2 Å². The topological polar surface area (TPSA) is 58.6 Å². The maximum absolute atomic E-state index is 11.0. The fraction of sp³-hybridized carbons (Fsp3) is 0.364. The summed E-state index contributed by atoms with van der Waals surface area (Å²) in [5.74, 6) is 0. The molecule has 1 rings (SSSR count). The van der Waals surface area contributed by atoms with Crippen molar-refractivity contribution in [3.63, 3.8) is 0 Å². The number of carbonyl (C=O) groups excluding carboxylic acids is 1. The summed E-state index contributed by atoms with van der Waals surface area (Å²) in [7, 11) is 0. The SMILES string of the molecule is Cc1ccc(COC(=O)NCCO)cc1. The van der Waals surface area contributed by atoms with Crippen molar-refractivity contribution in [3.05, 3.63) is 35.4 Å². The lowest BCUT2D eigenvalue weighted by Crippen LogP contribution is -2.26. The van der Waals surface area contributed by atoms with Crippen LogP contribution in [0.15, 0.2) is 24.3 Å². The summed E-state index contributed by atoms with van der Waals surface area (Å²) >= 11 is 0. The Morgan fingerprint density at radius 3 is 2.67 bits per heavy atom. The molecule has 82 valence electrons. The van der Waals surface area contributed by atoms with Crippen LogP contribution in [-0.2, 0) is 11.3 Å². The Balaban J connectivity index is 2.30. The molecular formula is C11H15NO3. The number of aryl methyl sites for hydroxylation is 1. The number of hydrogen-bond acceptors (Lipinski definition) is 3. The number of aliphatic hydroxyl groups excluding tert-OH is 1. The Labute approximate surface area is 88.9 Å². The number of rotatable bonds is 4. The molecule has 4 nitrogen and oxygen atoms in total. The molecule has 0 bridgehead atoms. The average molecular weight is 209 g/mol. The fourth-order valence-corrected chi connectivity index (χ4v) is 1.04. The van der Waals surface area contributed by atoms with E-state index in [-0.39, 0.29) is 19.8 Å². The zero-order valence-electron chi connectivity index (χ0n) is 8.69. The molecular weight excluding hydrogens is 194 g/mol. The van der Waals surface area contributed by atoms with Gasteiger partial charge in [-0.2, -0.15) is 0 Å². The molecule has 4 heteroatoms. The lowest BCUT2D eigenvalue weighted by atomic mass is 10.2. The van der Waals surface area contributed by atoms with Gasteiger partial charge in [0.2, 0.25) is 0 Å². The summed E-state index contributed by atoms with van der Waals surface area (Å²) in [6, 6.07) is 7.75. The Hall–Kier alpha value is -1.55. The van der Waals surface area contributed by atoms with Crippen LogP contribution in [0.5, 0.6) is 0 Å². The average Bonchev–Trinajstić information content (AvgIpc) is 2.25. The molecule has 1 aromatic carbocycles. The lowest BCUT2D eigenvalue weighted by molar-refractivity contribution is 0.137. The molecule has 2 N–H and O–H groups in total. The maximum Gasteiger partial charge on any atom is 0.407 e. The molecule has 0 aliphatic carbocycles. The van der Waals surface area contributed by atoms with Crippen LogP contribution in [-0.4, -0.2) is 24.4 Å². The molecule has 0 heterocycles. The first-order chi connectivity index (χ1) is 7.22. The predicted molar refractivity (Wildman–Crippen MR) is 56.5 cm³/mol. The highest BCUT2D eigenvalue weighted by Crippen LogP contribution is 2.04. The van der Waals surface area contributed by atoms with Gasteiger partial charge < -0.3 is 15.2 Å². The first-order valence-corrected chi connectivity index (χ1v) is 4.79. The highest BCUT2D eigenvalue weighted by Gasteiger charge is 2.00. The second-order valence-electron chi connectivity index (χ2n) is 3.21. The molecule has 0 aliphatic rings. The molecule has 0 saturated heterocycles. The molecule has 0 radical (unpaired) electrons. The third-order valence-corrected chi connectivity index (χ3v) is 1.87. The minimum Gasteiger partial charge on any atom is -0.445 e. The highest BCUT2D eigenvalue weighted by molar-refractivity contribution is 5.67. The van der Waals surface area contributed by atoms with Crippen molar-refractivity contribution >= 4 is 6.09 Å². The quantitative estimate of drug-likeness (QED) is 0.783. The summed E-state index contributed by atoms with van der Waals surface area (Å²) < 4.78 is 4.91. The first-order valence-electron chi connectivity index (χ1n) is 4.79. The second-order valence-corrected chi connectivity index (χ2v) is 3.21. The normalized spacial score (nSPS) is 9.73. The Kier molecular flexibility index (Phi) is 4.63. The van der Waals surface area contributed by atoms with Gasteiger partial charge in [0.1, 0.15) is 6.61 Å². The number of amides is 1. The van der Waals surface area contributed by atoms with Crippen molar-refractivity contribution in [1.29, 1.82) is 0 Å². The van der Waals surface area contributed by atoms with Crippen LogP contribution in [0, 0.1) is 6.92 Å². The third-order valence-electron chi connectivity index (χ3n) is 1.87. The standard InChI is InChI=1S/C11H15NO3/c1-9-2-4-10(5-3-9)8-15-11(14)12-6-7-13/h2-5,13H,6-8H2,1H3,(H,12,14). The van der Waals surface area contributed by atoms with E-state index in [0.29, 0.717) is 0 Å². The van der Waals surface area contributed by atoms with E-state index in [2.05, 4.69) is 5.32 Å². The summed E-state index contributed by atoms with van der Waals surface area (Å²) in [4.78, 5) is 11.0. The van der Waals surface area contributed by atoms with E-state index in [9.17, 15) is 4.79 Å². The summed E-state index contributed by atoms with van der Waals surface area (Å²) in [5, 5.41) is 10.9. The number of carbonyl (C=O) groups is 1. The summed E-state index contributed by atoms with van der Waals surface area (Å²) in [6.45, 7) is 2.38. The van der Waals surface area contributed by atoms with Crippen LogP contribution in [0.2, 0.25) is 0 Å². The van der Waals surface area contributed by atoms with Crippen molar-refractivity contribution in [2.45, 2.75) is 13.5 Å². The molecule has 0 fully saturated rings. The molecule has 0 aliphatic heterocycles. The van der Waals surface area contributed by atoms with E-state index in [1.54, 1.807) is 0 Å². The van der Waals surface area contributed by atoms with E-state index < -0.39 is 6.09 Å². The number of hydrogen-bond donors (Lipinski definition) is 2. The van der Waals surface area contributed by atoms with Crippen LogP contribution in [0.3, 0.4) is 0 Å². The highest BCUT2D eigenvalue weighted by atomic mass is 16.5. The number of aliphatic hydroxyl groups is 1. The van der Waals surface area contributed by atoms with Gasteiger partial charge in [-0.25, -0.2) is 4.79 Å². The number of ether oxygens (including phenoxy) is 1. The predicted octanol–water partition coefficient (Wildman–Crippen LogP) is 1.21. The van der Waals surface area contributed by atoms with Crippen LogP contribution >= 0.6 is 0 Å². The first kappa shape index (κ1) is 11.5. The van der Waals surface area contributed by atoms with Crippen molar-refractivity contribution < 1.29 is 14.6 Å². The van der Waals surface area contributed by atoms with Crippen LogP contribution in [0.4, 0.5) is 4.79 Å². The zero-order valence-corrected chi connectivity index (χ0v) is 8.69. The van der Waals surface area contributed by atoms with Gasteiger partial charge >= 0.3 is 6.09 Å². The van der Waals surface area contributed by atoms with Crippen LogP contribution in [0.1, 0.15) is 11.1 Å². The number of alkyl carbamates (subject to hydrolysis) is 1. The molecule has 1 amide bonds. The number of nitrogens with one attached hydrogen (secondary N) is 1. The fourth-order valence-electron chi connectivity index (χ4n) is 1.04. The van der Waals surface area contributed by atoms with Crippen LogP contribution < -0.4 is 5.32 Å². The van der Waals surface area contributed by atoms with Gasteiger partial charge in [-0.3, -0.25) is 0 Å². The largest absolute Gasteiger partial charge is 0.445 e. The summed E-state index contributed by atoms with van der Waals surface area (Å²) in [5.41, 5.74) is 2.11. The maximum atomic E-state index is 11.0. The van der Waals surface area contributed by atoms with Crippen molar-refractivity contribution in [1.82, 2.24) is 5.32 Å². The van der Waals surface area contributed by atoms with E-state index in [4.69, 9.17) is 9.84 Å². The van der Waals surface area contributed by atoms with E-state index >= 15 is 0 Å². The molecule has 0 aromatic heterocycles. The van der Waals surface area contributed by atoms with Gasteiger partial charge in [-0.15, -0.1) is 0 Å². The van der Waals surface area contributed by atoms with E-state index in [0.717, 1.165) is 5.56 Å². The molecule has 0 spiro atoms. The van der Waals surface area contributed by atoms with Gasteiger partial charge in [0.25, 0.3) is 0 Å². The van der Waals surface area contributed by atoms with Crippen molar-refractivity contribution in [2.24, 2.45) is 0 Å². The van der Waals surface area contributed by atoms with Gasteiger partial charge in [-0.1, -0.05) is 29.8 Å². The lowest BCUT2D eigenvalue weighted by Gasteiger charge is -2.05. The smallest absolute Gasteiger partial charge is 0.407 e. The zero-order chi connectivity index (χ0) is 11.1. The van der Waals surface area contributed by atoms with E-state index in [1.807, 2.05) is 31.2 Å². The minimum absolute atomic E-state index is 0.0837. The van der Waals surface area contributed by atoms with Gasteiger partial charge in [-0.05, 0) is 12.5 Å². The van der Waals surface area contributed by atoms with Crippen molar-refractivity contribution in [3.8, 4) is 0 Å². The van der Waals surface area contributed by atoms with E-state index in [1.165, 1.54) is 5.56 Å². The third kappa shape index (κ3) is 4.46.